The zero-order valence-corrected chi connectivity index (χ0v) is 16.2. The number of ether oxygens (including phenoxy) is 2. The molecule has 0 aliphatic heterocycles. The van der Waals surface area contributed by atoms with Gasteiger partial charge in [-0.25, -0.2) is 4.79 Å². The molecule has 6 nitrogen and oxygen atoms in total. The number of carboxylic acids is 1. The van der Waals surface area contributed by atoms with Crippen molar-refractivity contribution in [1.29, 1.82) is 0 Å². The fraction of sp³-hybridized carbons (Fsp3) is 0.0833. The molecule has 3 rings (SSSR count). The van der Waals surface area contributed by atoms with E-state index in [2.05, 4.69) is 0 Å². The van der Waals surface area contributed by atoms with Gasteiger partial charge < -0.3 is 19.7 Å². The van der Waals surface area contributed by atoms with Crippen molar-refractivity contribution in [1.82, 2.24) is 0 Å². The molecule has 0 bridgehead atoms. The fourth-order valence-corrected chi connectivity index (χ4v) is 2.71. The molecule has 0 saturated heterocycles. The van der Waals surface area contributed by atoms with Crippen LogP contribution in [0, 0.1) is 0 Å². The molecule has 3 aromatic carbocycles. The SMILES string of the molecule is COc1cc(/C=C/C(=O)c2ccc(O)cc2)ccc1OCc1ccc(C(=O)O)cc1. The highest BCUT2D eigenvalue weighted by Crippen LogP contribution is 2.29. The van der Waals surface area contributed by atoms with Crippen molar-refractivity contribution in [2.24, 2.45) is 0 Å². The van der Waals surface area contributed by atoms with Crippen LogP contribution in [0.3, 0.4) is 0 Å². The maximum atomic E-state index is 12.2. The number of benzene rings is 3. The quantitative estimate of drug-likeness (QED) is 0.422. The molecule has 0 aromatic heterocycles. The number of methoxy groups -OCH3 is 1. The van der Waals surface area contributed by atoms with Crippen molar-refractivity contribution in [3.05, 3.63) is 95.1 Å². The first-order chi connectivity index (χ1) is 14.5. The second-order valence-corrected chi connectivity index (χ2v) is 6.45. The lowest BCUT2D eigenvalue weighted by Gasteiger charge is -2.11. The van der Waals surface area contributed by atoms with Crippen LogP contribution in [0.1, 0.15) is 31.8 Å². The topological polar surface area (TPSA) is 93.1 Å². The van der Waals surface area contributed by atoms with E-state index in [1.807, 2.05) is 0 Å². The third kappa shape index (κ3) is 5.26. The van der Waals surface area contributed by atoms with E-state index in [1.54, 1.807) is 48.5 Å². The highest BCUT2D eigenvalue weighted by atomic mass is 16.5. The predicted molar refractivity (Wildman–Crippen MR) is 112 cm³/mol. The van der Waals surface area contributed by atoms with Gasteiger partial charge in [0.05, 0.1) is 12.7 Å². The molecular weight excluding hydrogens is 384 g/mol. The van der Waals surface area contributed by atoms with E-state index < -0.39 is 5.97 Å². The lowest BCUT2D eigenvalue weighted by atomic mass is 10.1. The van der Waals surface area contributed by atoms with Gasteiger partial charge in [-0.1, -0.05) is 24.3 Å². The summed E-state index contributed by atoms with van der Waals surface area (Å²) >= 11 is 0. The molecule has 30 heavy (non-hydrogen) atoms. The van der Waals surface area contributed by atoms with E-state index in [1.165, 1.54) is 37.5 Å². The van der Waals surface area contributed by atoms with E-state index in [0.29, 0.717) is 17.1 Å². The summed E-state index contributed by atoms with van der Waals surface area (Å²) < 4.78 is 11.2. The number of carbonyl (C=O) groups excluding carboxylic acids is 1. The minimum Gasteiger partial charge on any atom is -0.508 e. The molecule has 0 aliphatic carbocycles. The van der Waals surface area contributed by atoms with Crippen molar-refractivity contribution in [2.75, 3.05) is 7.11 Å². The van der Waals surface area contributed by atoms with Crippen LogP contribution >= 0.6 is 0 Å². The number of allylic oxidation sites excluding steroid dienone is 1. The van der Waals surface area contributed by atoms with Crippen LogP contribution in [0.2, 0.25) is 0 Å². The van der Waals surface area contributed by atoms with Gasteiger partial charge >= 0.3 is 5.97 Å². The van der Waals surface area contributed by atoms with Gasteiger partial charge in [0.15, 0.2) is 17.3 Å². The molecule has 2 N–H and O–H groups in total. The highest BCUT2D eigenvalue weighted by Gasteiger charge is 2.07. The van der Waals surface area contributed by atoms with Crippen LogP contribution in [-0.2, 0) is 6.61 Å². The van der Waals surface area contributed by atoms with E-state index in [4.69, 9.17) is 14.6 Å². The third-order valence-corrected chi connectivity index (χ3v) is 4.36. The number of phenols is 1. The second-order valence-electron chi connectivity index (χ2n) is 6.45. The zero-order valence-electron chi connectivity index (χ0n) is 16.2. The van der Waals surface area contributed by atoms with Gasteiger partial charge in [-0.05, 0) is 65.7 Å². The summed E-state index contributed by atoms with van der Waals surface area (Å²) in [4.78, 5) is 23.1. The van der Waals surface area contributed by atoms with Crippen LogP contribution in [0.15, 0.2) is 72.8 Å². The molecule has 0 heterocycles. The Morgan fingerprint density at radius 1 is 0.900 bits per heavy atom. The lowest BCUT2D eigenvalue weighted by Crippen LogP contribution is -2.00. The molecule has 152 valence electrons. The molecule has 0 saturated carbocycles. The average molecular weight is 404 g/mol. The first-order valence-electron chi connectivity index (χ1n) is 9.11. The molecule has 0 spiro atoms. The first-order valence-corrected chi connectivity index (χ1v) is 9.11. The standard InChI is InChI=1S/C24H20O6/c1-29-23-14-16(4-12-21(26)18-8-10-20(25)11-9-18)5-13-22(23)30-15-17-2-6-19(7-3-17)24(27)28/h2-14,25H,15H2,1H3,(H,27,28)/b12-4+. The van der Waals surface area contributed by atoms with Crippen LogP contribution in [0.5, 0.6) is 17.2 Å². The number of phenolic OH excluding ortho intramolecular Hbond substituents is 1. The Labute approximate surface area is 173 Å². The van der Waals surface area contributed by atoms with Crippen molar-refractivity contribution in [3.63, 3.8) is 0 Å². The predicted octanol–water partition coefficient (Wildman–Crippen LogP) is 4.57. The minimum atomic E-state index is -0.975. The number of hydrogen-bond donors (Lipinski definition) is 2. The minimum absolute atomic E-state index is 0.105. The number of ketones is 1. The number of rotatable bonds is 8. The largest absolute Gasteiger partial charge is 0.508 e. The smallest absolute Gasteiger partial charge is 0.335 e. The number of hydrogen-bond acceptors (Lipinski definition) is 5. The van der Waals surface area contributed by atoms with Crippen molar-refractivity contribution >= 4 is 17.8 Å². The summed E-state index contributed by atoms with van der Waals surface area (Å²) in [6, 6.07) is 17.8. The normalized spacial score (nSPS) is 10.7. The van der Waals surface area contributed by atoms with Crippen molar-refractivity contribution < 1.29 is 29.3 Å². The van der Waals surface area contributed by atoms with Crippen LogP contribution < -0.4 is 9.47 Å². The van der Waals surface area contributed by atoms with Crippen molar-refractivity contribution in [3.8, 4) is 17.2 Å². The highest BCUT2D eigenvalue weighted by molar-refractivity contribution is 6.06. The Balaban J connectivity index is 1.67. The Morgan fingerprint density at radius 2 is 1.57 bits per heavy atom. The van der Waals surface area contributed by atoms with Crippen LogP contribution in [-0.4, -0.2) is 29.1 Å². The van der Waals surface area contributed by atoms with Crippen molar-refractivity contribution in [2.45, 2.75) is 6.61 Å². The van der Waals surface area contributed by atoms with Gasteiger partial charge in [-0.2, -0.15) is 0 Å². The number of aromatic carboxylic acids is 1. The van der Waals surface area contributed by atoms with Crippen LogP contribution in [0.4, 0.5) is 0 Å². The Bertz CT molecular complexity index is 1070. The zero-order chi connectivity index (χ0) is 21.5. The summed E-state index contributed by atoms with van der Waals surface area (Å²) in [7, 11) is 1.53. The summed E-state index contributed by atoms with van der Waals surface area (Å²) in [5.41, 5.74) is 2.28. The molecule has 0 unspecified atom stereocenters. The number of aromatic hydroxyl groups is 1. The number of carboxylic acid groups (broad SMARTS) is 1. The Morgan fingerprint density at radius 3 is 2.20 bits per heavy atom. The summed E-state index contributed by atoms with van der Waals surface area (Å²) in [5, 5.41) is 18.2. The summed E-state index contributed by atoms with van der Waals surface area (Å²) in [5.74, 6) is -0.0114. The lowest BCUT2D eigenvalue weighted by molar-refractivity contribution is 0.0696. The van der Waals surface area contributed by atoms with Gasteiger partial charge in [0.2, 0.25) is 0 Å². The maximum absolute atomic E-state index is 12.2. The van der Waals surface area contributed by atoms with Gasteiger partial charge in [0.25, 0.3) is 0 Å². The molecule has 0 aliphatic rings. The molecule has 6 heteroatoms. The Hall–Kier alpha value is -4.06. The first kappa shape index (κ1) is 20.7. The third-order valence-electron chi connectivity index (χ3n) is 4.36. The van der Waals surface area contributed by atoms with Crippen LogP contribution in [0.25, 0.3) is 6.08 Å². The molecule has 0 atom stereocenters. The van der Waals surface area contributed by atoms with Gasteiger partial charge in [0, 0.05) is 5.56 Å². The van der Waals surface area contributed by atoms with Gasteiger partial charge in [-0.15, -0.1) is 0 Å². The van der Waals surface area contributed by atoms with E-state index in [0.717, 1.165) is 11.1 Å². The average Bonchev–Trinajstić information content (AvgIpc) is 2.77. The molecule has 3 aromatic rings. The second kappa shape index (κ2) is 9.43. The molecule has 0 radical (unpaired) electrons. The molecule has 0 fully saturated rings. The van der Waals surface area contributed by atoms with E-state index in [9.17, 15) is 14.7 Å². The molecule has 0 amide bonds. The maximum Gasteiger partial charge on any atom is 0.335 e. The Kier molecular flexibility index (Phi) is 6.49. The van der Waals surface area contributed by atoms with E-state index >= 15 is 0 Å². The number of carbonyl (C=O) groups is 2. The van der Waals surface area contributed by atoms with Gasteiger partial charge in [0.1, 0.15) is 12.4 Å². The molecular formula is C24H20O6. The van der Waals surface area contributed by atoms with E-state index in [-0.39, 0.29) is 23.7 Å². The fourth-order valence-electron chi connectivity index (χ4n) is 2.71. The summed E-state index contributed by atoms with van der Waals surface area (Å²) in [6.45, 7) is 0.255. The van der Waals surface area contributed by atoms with Gasteiger partial charge in [-0.3, -0.25) is 4.79 Å². The summed E-state index contributed by atoms with van der Waals surface area (Å²) in [6.07, 6.45) is 3.12. The monoisotopic (exact) mass is 404 g/mol.